The summed E-state index contributed by atoms with van der Waals surface area (Å²) >= 11 is 0. The number of nitrogens with one attached hydrogen (secondary N) is 1. The standard InChI is InChI=1S/C20H21N3O3/c1-26-17-6-3-9-21-19(17)22-20(25)15-11-18(24)23(12-15)16-8-7-13-4-2-5-14(13)10-16/h3,6-10,15H,2,4-5,11-12H2,1H3,(H,21,22,25)/t15-/m1/s1. The fourth-order valence-electron chi connectivity index (χ4n) is 3.73. The number of aryl methyl sites for hydroxylation is 2. The van der Waals surface area contributed by atoms with Crippen molar-refractivity contribution in [1.82, 2.24) is 4.98 Å². The second kappa shape index (κ2) is 6.78. The van der Waals surface area contributed by atoms with Crippen molar-refractivity contribution in [1.29, 1.82) is 0 Å². The lowest BCUT2D eigenvalue weighted by molar-refractivity contribution is -0.122. The summed E-state index contributed by atoms with van der Waals surface area (Å²) in [7, 11) is 1.53. The molecule has 1 aromatic heterocycles. The van der Waals surface area contributed by atoms with E-state index >= 15 is 0 Å². The molecule has 0 radical (unpaired) electrons. The lowest BCUT2D eigenvalue weighted by Crippen LogP contribution is -2.28. The van der Waals surface area contributed by atoms with Crippen LogP contribution in [0.3, 0.4) is 0 Å². The van der Waals surface area contributed by atoms with Crippen molar-refractivity contribution in [3.63, 3.8) is 0 Å². The van der Waals surface area contributed by atoms with E-state index < -0.39 is 5.92 Å². The molecule has 2 aliphatic rings. The monoisotopic (exact) mass is 351 g/mol. The number of carbonyl (C=O) groups is 2. The molecule has 6 heteroatoms. The first-order chi connectivity index (χ1) is 12.7. The van der Waals surface area contributed by atoms with E-state index in [1.165, 1.54) is 24.7 Å². The van der Waals surface area contributed by atoms with Crippen molar-refractivity contribution in [3.8, 4) is 5.75 Å². The van der Waals surface area contributed by atoms with Gasteiger partial charge in [0.05, 0.1) is 13.0 Å². The molecule has 0 bridgehead atoms. The second-order valence-electron chi connectivity index (χ2n) is 6.76. The fourth-order valence-corrected chi connectivity index (χ4v) is 3.73. The zero-order valence-corrected chi connectivity index (χ0v) is 14.7. The van der Waals surface area contributed by atoms with Crippen molar-refractivity contribution in [2.75, 3.05) is 23.9 Å². The Bertz CT molecular complexity index is 865. The van der Waals surface area contributed by atoms with Crippen molar-refractivity contribution < 1.29 is 14.3 Å². The second-order valence-corrected chi connectivity index (χ2v) is 6.76. The van der Waals surface area contributed by atoms with Crippen LogP contribution in [0.15, 0.2) is 36.5 Å². The van der Waals surface area contributed by atoms with Gasteiger partial charge in [0.1, 0.15) is 0 Å². The summed E-state index contributed by atoms with van der Waals surface area (Å²) in [4.78, 5) is 30.9. The number of methoxy groups -OCH3 is 1. The Kier molecular flexibility index (Phi) is 4.32. The number of anilines is 2. The zero-order chi connectivity index (χ0) is 18.1. The maximum atomic E-state index is 12.6. The van der Waals surface area contributed by atoms with Crippen LogP contribution in [0, 0.1) is 5.92 Å². The fraction of sp³-hybridized carbons (Fsp3) is 0.350. The number of rotatable bonds is 4. The van der Waals surface area contributed by atoms with Gasteiger partial charge in [-0.3, -0.25) is 9.59 Å². The number of pyridine rings is 1. The third-order valence-electron chi connectivity index (χ3n) is 5.12. The highest BCUT2D eigenvalue weighted by atomic mass is 16.5. The minimum Gasteiger partial charge on any atom is -0.493 e. The van der Waals surface area contributed by atoms with E-state index in [9.17, 15) is 9.59 Å². The smallest absolute Gasteiger partial charge is 0.231 e. The summed E-state index contributed by atoms with van der Waals surface area (Å²) in [6, 6.07) is 9.67. The Morgan fingerprint density at radius 2 is 2.12 bits per heavy atom. The van der Waals surface area contributed by atoms with Gasteiger partial charge in [0.2, 0.25) is 11.8 Å². The molecular formula is C20H21N3O3. The van der Waals surface area contributed by atoms with Gasteiger partial charge < -0.3 is 15.0 Å². The Hall–Kier alpha value is -2.89. The average molecular weight is 351 g/mol. The maximum absolute atomic E-state index is 12.6. The van der Waals surface area contributed by atoms with Crippen LogP contribution in [0.2, 0.25) is 0 Å². The predicted molar refractivity (Wildman–Crippen MR) is 98.3 cm³/mol. The van der Waals surface area contributed by atoms with E-state index in [1.807, 2.05) is 6.07 Å². The van der Waals surface area contributed by atoms with Gasteiger partial charge in [-0.25, -0.2) is 4.98 Å². The highest BCUT2D eigenvalue weighted by Crippen LogP contribution is 2.31. The number of carbonyl (C=O) groups excluding carboxylic acids is 2. The molecule has 1 atom stereocenters. The third kappa shape index (κ3) is 3.03. The SMILES string of the molecule is COc1cccnc1NC(=O)[C@@H]1CC(=O)N(c2ccc3c(c2)CCC3)C1. The topological polar surface area (TPSA) is 71.5 Å². The molecule has 1 N–H and O–H groups in total. The highest BCUT2D eigenvalue weighted by molar-refractivity contribution is 6.03. The van der Waals surface area contributed by atoms with E-state index in [0.717, 1.165) is 18.5 Å². The summed E-state index contributed by atoms with van der Waals surface area (Å²) in [5.41, 5.74) is 3.58. The molecule has 1 aromatic carbocycles. The van der Waals surface area contributed by atoms with Gasteiger partial charge in [-0.1, -0.05) is 6.07 Å². The third-order valence-corrected chi connectivity index (χ3v) is 5.12. The van der Waals surface area contributed by atoms with Gasteiger partial charge in [0.15, 0.2) is 11.6 Å². The first-order valence-corrected chi connectivity index (χ1v) is 8.88. The average Bonchev–Trinajstić information content (AvgIpc) is 3.27. The number of benzene rings is 1. The van der Waals surface area contributed by atoms with Crippen molar-refractivity contribution >= 4 is 23.3 Å². The molecule has 2 aromatic rings. The summed E-state index contributed by atoms with van der Waals surface area (Å²) in [5.74, 6) is 0.252. The van der Waals surface area contributed by atoms with Gasteiger partial charge in [-0.05, 0) is 54.7 Å². The maximum Gasteiger partial charge on any atom is 0.231 e. The Morgan fingerprint density at radius 1 is 1.27 bits per heavy atom. The van der Waals surface area contributed by atoms with Crippen LogP contribution in [-0.2, 0) is 22.4 Å². The number of aromatic nitrogens is 1. The summed E-state index contributed by atoms with van der Waals surface area (Å²) in [6.45, 7) is 0.388. The molecule has 26 heavy (non-hydrogen) atoms. The summed E-state index contributed by atoms with van der Waals surface area (Å²) < 4.78 is 5.21. The first-order valence-electron chi connectivity index (χ1n) is 8.88. The number of hydrogen-bond donors (Lipinski definition) is 1. The molecule has 1 aliphatic heterocycles. The highest BCUT2D eigenvalue weighted by Gasteiger charge is 2.35. The number of fused-ring (bicyclic) bond motifs is 1. The molecule has 2 amide bonds. The van der Waals surface area contributed by atoms with Gasteiger partial charge in [0, 0.05) is 24.8 Å². The van der Waals surface area contributed by atoms with Gasteiger partial charge in [-0.2, -0.15) is 0 Å². The van der Waals surface area contributed by atoms with Crippen LogP contribution in [0.1, 0.15) is 24.0 Å². The van der Waals surface area contributed by atoms with Crippen LogP contribution >= 0.6 is 0 Å². The summed E-state index contributed by atoms with van der Waals surface area (Å²) in [5, 5.41) is 2.78. The van der Waals surface area contributed by atoms with Crippen LogP contribution in [0.4, 0.5) is 11.5 Å². The molecule has 1 saturated heterocycles. The lowest BCUT2D eigenvalue weighted by Gasteiger charge is -2.18. The Morgan fingerprint density at radius 3 is 2.96 bits per heavy atom. The minimum absolute atomic E-state index is 0.0175. The van der Waals surface area contributed by atoms with Crippen LogP contribution in [0.5, 0.6) is 5.75 Å². The van der Waals surface area contributed by atoms with Crippen LogP contribution in [0.25, 0.3) is 0 Å². The molecule has 4 rings (SSSR count). The van der Waals surface area contributed by atoms with E-state index in [1.54, 1.807) is 23.2 Å². The molecule has 134 valence electrons. The molecule has 6 nitrogen and oxygen atoms in total. The zero-order valence-electron chi connectivity index (χ0n) is 14.7. The van der Waals surface area contributed by atoms with Crippen molar-refractivity contribution in [2.24, 2.45) is 5.92 Å². The minimum atomic E-state index is -0.400. The number of ether oxygens (including phenoxy) is 1. The number of nitrogens with zero attached hydrogens (tertiary/aromatic N) is 2. The number of hydrogen-bond acceptors (Lipinski definition) is 4. The molecule has 1 aliphatic carbocycles. The summed E-state index contributed by atoms with van der Waals surface area (Å²) in [6.07, 6.45) is 5.14. The number of amides is 2. The molecule has 1 fully saturated rings. The van der Waals surface area contributed by atoms with Crippen molar-refractivity contribution in [2.45, 2.75) is 25.7 Å². The lowest BCUT2D eigenvalue weighted by atomic mass is 10.1. The predicted octanol–water partition coefficient (Wildman–Crippen LogP) is 2.57. The normalized spacial score (nSPS) is 18.7. The largest absolute Gasteiger partial charge is 0.493 e. The van der Waals surface area contributed by atoms with E-state index in [-0.39, 0.29) is 18.2 Å². The van der Waals surface area contributed by atoms with Crippen molar-refractivity contribution in [3.05, 3.63) is 47.7 Å². The van der Waals surface area contributed by atoms with Gasteiger partial charge in [0.25, 0.3) is 0 Å². The molecular weight excluding hydrogens is 330 g/mol. The first kappa shape index (κ1) is 16.6. The molecule has 2 heterocycles. The molecule has 0 unspecified atom stereocenters. The van der Waals surface area contributed by atoms with E-state index in [0.29, 0.717) is 18.1 Å². The Labute approximate surface area is 152 Å². The van der Waals surface area contributed by atoms with Crippen LogP contribution < -0.4 is 15.0 Å². The quantitative estimate of drug-likeness (QED) is 0.919. The molecule has 0 saturated carbocycles. The van der Waals surface area contributed by atoms with E-state index in [4.69, 9.17) is 4.74 Å². The van der Waals surface area contributed by atoms with Gasteiger partial charge >= 0.3 is 0 Å². The van der Waals surface area contributed by atoms with Crippen LogP contribution in [-0.4, -0.2) is 30.5 Å². The Balaban J connectivity index is 1.48. The van der Waals surface area contributed by atoms with E-state index in [2.05, 4.69) is 22.4 Å². The molecule has 0 spiro atoms. The van der Waals surface area contributed by atoms with Gasteiger partial charge in [-0.15, -0.1) is 0 Å².